The molecule has 178 valence electrons. The van der Waals surface area contributed by atoms with Crippen LogP contribution in [0.1, 0.15) is 54.9 Å². The van der Waals surface area contributed by atoms with Crippen molar-refractivity contribution in [2.24, 2.45) is 4.36 Å². The topological polar surface area (TPSA) is 101 Å². The highest BCUT2D eigenvalue weighted by molar-refractivity contribution is 7.92. The van der Waals surface area contributed by atoms with Crippen molar-refractivity contribution in [1.82, 2.24) is 14.5 Å². The summed E-state index contributed by atoms with van der Waals surface area (Å²) in [4.78, 5) is 17.8. The van der Waals surface area contributed by atoms with E-state index in [1.807, 2.05) is 7.05 Å². The molecule has 0 radical (unpaired) electrons. The van der Waals surface area contributed by atoms with Crippen LogP contribution in [0.4, 0.5) is 10.5 Å². The van der Waals surface area contributed by atoms with Crippen molar-refractivity contribution in [3.05, 3.63) is 28.3 Å². The molecular formula is C24H34N6O2S. The molecule has 2 N–H and O–H groups in total. The minimum atomic E-state index is -3.26. The summed E-state index contributed by atoms with van der Waals surface area (Å²) in [6, 6.07) is 1.73. The van der Waals surface area contributed by atoms with Crippen LogP contribution in [-0.4, -0.2) is 64.1 Å². The Labute approximate surface area is 197 Å². The highest BCUT2D eigenvalue weighted by Gasteiger charge is 2.48. The minimum absolute atomic E-state index is 0.0520. The predicted molar refractivity (Wildman–Crippen MR) is 129 cm³/mol. The summed E-state index contributed by atoms with van der Waals surface area (Å²) in [5.41, 5.74) is 5.86. The van der Waals surface area contributed by atoms with Crippen LogP contribution in [0.5, 0.6) is 0 Å². The van der Waals surface area contributed by atoms with Gasteiger partial charge in [0.05, 0.1) is 5.75 Å². The molecule has 0 aromatic heterocycles. The molecule has 2 saturated heterocycles. The highest BCUT2D eigenvalue weighted by Crippen LogP contribution is 2.39. The zero-order chi connectivity index (χ0) is 23.2. The van der Waals surface area contributed by atoms with Crippen LogP contribution < -0.4 is 10.0 Å². The Kier molecular flexibility index (Phi) is 5.88. The lowest BCUT2D eigenvalue weighted by Crippen LogP contribution is -2.65. The number of benzene rings is 1. The van der Waals surface area contributed by atoms with Crippen LogP contribution in [0.25, 0.3) is 0 Å². The molecule has 5 rings (SSSR count). The van der Waals surface area contributed by atoms with E-state index in [1.165, 1.54) is 22.3 Å². The normalized spacial score (nSPS) is 28.3. The van der Waals surface area contributed by atoms with Gasteiger partial charge in [-0.3, -0.25) is 9.80 Å². The second-order valence-corrected chi connectivity index (χ2v) is 12.2. The van der Waals surface area contributed by atoms with E-state index in [4.69, 9.17) is 0 Å². The number of rotatable bonds is 4. The number of aryl methyl sites for hydroxylation is 2. The maximum absolute atomic E-state index is 13.8. The van der Waals surface area contributed by atoms with E-state index < -0.39 is 15.9 Å². The summed E-state index contributed by atoms with van der Waals surface area (Å²) in [7, 11) is -1.23. The van der Waals surface area contributed by atoms with Crippen molar-refractivity contribution in [1.29, 1.82) is 5.26 Å². The van der Waals surface area contributed by atoms with Crippen LogP contribution in [0.15, 0.2) is 10.4 Å². The van der Waals surface area contributed by atoms with Crippen LogP contribution in [0, 0.1) is 11.5 Å². The second-order valence-electron chi connectivity index (χ2n) is 10.2. The Morgan fingerprint density at radius 2 is 1.88 bits per heavy atom. The van der Waals surface area contributed by atoms with Gasteiger partial charge in [-0.15, -0.1) is 4.36 Å². The molecule has 3 atom stereocenters. The number of hydrogen-bond acceptors (Lipinski definition) is 6. The lowest BCUT2D eigenvalue weighted by Gasteiger charge is -2.50. The average molecular weight is 471 g/mol. The van der Waals surface area contributed by atoms with Gasteiger partial charge in [-0.1, -0.05) is 6.07 Å². The van der Waals surface area contributed by atoms with Crippen LogP contribution >= 0.6 is 0 Å². The number of amides is 2. The summed E-state index contributed by atoms with van der Waals surface area (Å²) in [5, 5.41) is 12.4. The number of carbonyl (C=O) groups excluding carboxylic acids is 1. The van der Waals surface area contributed by atoms with Crippen molar-refractivity contribution in [3.63, 3.8) is 0 Å². The molecule has 4 aliphatic rings. The zero-order valence-electron chi connectivity index (χ0n) is 19.7. The van der Waals surface area contributed by atoms with E-state index in [-0.39, 0.29) is 17.3 Å². The monoisotopic (exact) mass is 470 g/mol. The Hall–Kier alpha value is -2.15. The number of carbonyl (C=O) groups is 1. The van der Waals surface area contributed by atoms with Gasteiger partial charge in [-0.25, -0.2) is 13.7 Å². The summed E-state index contributed by atoms with van der Waals surface area (Å²) in [5.74, 6) is 0.141. The number of anilines is 1. The van der Waals surface area contributed by atoms with Gasteiger partial charge in [0.15, 0.2) is 0 Å². The van der Waals surface area contributed by atoms with E-state index in [2.05, 4.69) is 37.2 Å². The Morgan fingerprint density at radius 3 is 2.55 bits per heavy atom. The third-order valence-electron chi connectivity index (χ3n) is 8.34. The van der Waals surface area contributed by atoms with E-state index in [9.17, 15) is 14.3 Å². The van der Waals surface area contributed by atoms with Crippen molar-refractivity contribution in [2.45, 2.75) is 69.9 Å². The molecule has 2 aliphatic carbocycles. The van der Waals surface area contributed by atoms with E-state index in [0.717, 1.165) is 76.7 Å². The number of nitrogens with zero attached hydrogens (tertiary/aromatic N) is 4. The first-order valence-electron chi connectivity index (χ1n) is 12.2. The fourth-order valence-corrected chi connectivity index (χ4v) is 8.35. The fraction of sp³-hybridized carbons (Fsp3) is 0.667. The molecule has 33 heavy (non-hydrogen) atoms. The first kappa shape index (κ1) is 22.6. The first-order valence-corrected chi connectivity index (χ1v) is 13.8. The highest BCUT2D eigenvalue weighted by atomic mass is 32.2. The molecule has 1 aromatic rings. The maximum atomic E-state index is 13.8. The summed E-state index contributed by atoms with van der Waals surface area (Å²) in [6.07, 6.45) is 10.0. The van der Waals surface area contributed by atoms with Gasteiger partial charge in [0.2, 0.25) is 6.19 Å². The Balaban J connectivity index is 1.39. The molecule has 2 fully saturated rings. The second kappa shape index (κ2) is 8.57. The molecule has 8 nitrogen and oxygen atoms in total. The number of nitriles is 1. The summed E-state index contributed by atoms with van der Waals surface area (Å²) >= 11 is 0. The van der Waals surface area contributed by atoms with Gasteiger partial charge in [0.25, 0.3) is 0 Å². The predicted octanol–water partition coefficient (Wildman–Crippen LogP) is 2.82. The molecule has 0 saturated carbocycles. The zero-order valence-corrected chi connectivity index (χ0v) is 20.5. The van der Waals surface area contributed by atoms with Gasteiger partial charge < -0.3 is 5.32 Å². The molecule has 2 aliphatic heterocycles. The molecule has 2 amide bonds. The number of nitrogens with one attached hydrogen (secondary N) is 2. The van der Waals surface area contributed by atoms with Gasteiger partial charge in [-0.2, -0.15) is 5.26 Å². The molecule has 9 heteroatoms. The largest absolute Gasteiger partial charge is 0.331 e. The number of fused-ring (bicyclic) bond motifs is 3. The molecule has 2 heterocycles. The minimum Gasteiger partial charge on any atom is -0.307 e. The molecular weight excluding hydrogens is 436 g/mol. The molecule has 0 bridgehead atoms. The molecule has 1 aromatic carbocycles. The van der Waals surface area contributed by atoms with Crippen molar-refractivity contribution < 1.29 is 9.00 Å². The fourth-order valence-electron chi connectivity index (χ4n) is 6.63. The first-order chi connectivity index (χ1) is 15.8. The van der Waals surface area contributed by atoms with Crippen LogP contribution in [0.3, 0.4) is 0 Å². The maximum Gasteiger partial charge on any atom is 0.331 e. The lowest BCUT2D eigenvalue weighted by atomic mass is 9.87. The average Bonchev–Trinajstić information content (AvgIpc) is 3.49. The van der Waals surface area contributed by atoms with Crippen LogP contribution in [-0.2, 0) is 35.6 Å². The standard InChI is InChI=1S/C24H34N6O2S/c1-24-10-5-11-30(24)13-12-29(2)21(24)15-33(32,26-16-25)28-23(31)27-22-19-8-3-6-17(19)14-18-7-4-9-20(18)22/h14,21H,3-13,15H2,1-2H3,(H2,26,27,28,31,32)/t21?,24-,33-/m0/s1. The van der Waals surface area contributed by atoms with Crippen molar-refractivity contribution >= 4 is 21.6 Å². The van der Waals surface area contributed by atoms with Crippen molar-refractivity contribution in [2.75, 3.05) is 37.8 Å². The van der Waals surface area contributed by atoms with Crippen LogP contribution in [0.2, 0.25) is 0 Å². The quantitative estimate of drug-likeness (QED) is 0.659. The van der Waals surface area contributed by atoms with Gasteiger partial charge >= 0.3 is 6.03 Å². The molecule has 0 spiro atoms. The Morgan fingerprint density at radius 1 is 1.18 bits per heavy atom. The van der Waals surface area contributed by atoms with Gasteiger partial charge in [0, 0.05) is 30.4 Å². The van der Waals surface area contributed by atoms with E-state index in [0.29, 0.717) is 0 Å². The van der Waals surface area contributed by atoms with Gasteiger partial charge in [-0.05, 0) is 94.1 Å². The number of hydrogen-bond donors (Lipinski definition) is 2. The SMILES string of the molecule is CN1CCN2CCC[C@@]2(C)C1C[S@](=O)(=NC#N)NC(=O)Nc1c2c(cc3c1CCC3)CCC2. The third-order valence-corrected chi connectivity index (χ3v) is 9.99. The lowest BCUT2D eigenvalue weighted by molar-refractivity contribution is 0.00630. The van der Waals surface area contributed by atoms with E-state index in [1.54, 1.807) is 6.19 Å². The summed E-state index contributed by atoms with van der Waals surface area (Å²) in [6.45, 7) is 5.10. The number of likely N-dealkylation sites (N-methyl/N-ethyl adjacent to an activating group) is 1. The number of piperazine rings is 1. The number of urea groups is 1. The molecule has 1 unspecified atom stereocenters. The van der Waals surface area contributed by atoms with Crippen molar-refractivity contribution in [3.8, 4) is 6.19 Å². The smallest absolute Gasteiger partial charge is 0.307 e. The third kappa shape index (κ3) is 4.02. The van der Waals surface area contributed by atoms with Gasteiger partial charge in [0.1, 0.15) is 9.92 Å². The van der Waals surface area contributed by atoms with E-state index >= 15 is 0 Å². The Bertz CT molecular complexity index is 1100. The summed E-state index contributed by atoms with van der Waals surface area (Å²) < 4.78 is 20.2.